The van der Waals surface area contributed by atoms with Gasteiger partial charge in [-0.05, 0) is 18.1 Å². The Kier molecular flexibility index (Phi) is 3.86. The summed E-state index contributed by atoms with van der Waals surface area (Å²) in [6, 6.07) is 2.55. The molecule has 0 aliphatic carbocycles. The smallest absolute Gasteiger partial charge is 0.270 e. The number of imide groups is 1. The first-order chi connectivity index (χ1) is 9.10. The van der Waals surface area contributed by atoms with Crippen LogP contribution in [0.4, 0.5) is 0 Å². The summed E-state index contributed by atoms with van der Waals surface area (Å²) in [6.45, 7) is 0.349. The molecule has 2 heterocycles. The molecule has 100 valence electrons. The second-order valence-corrected chi connectivity index (χ2v) is 4.23. The van der Waals surface area contributed by atoms with Crippen LogP contribution in [0.3, 0.4) is 0 Å². The molecule has 2 rings (SSSR count). The van der Waals surface area contributed by atoms with E-state index in [1.807, 2.05) is 0 Å². The van der Waals surface area contributed by atoms with Crippen LogP contribution in [-0.2, 0) is 16.1 Å². The lowest BCUT2D eigenvalue weighted by Gasteiger charge is -2.21. The number of nitrogens with zero attached hydrogens (tertiary/aromatic N) is 1. The van der Waals surface area contributed by atoms with Crippen LogP contribution < -0.4 is 16.4 Å². The number of rotatable bonds is 3. The van der Waals surface area contributed by atoms with E-state index in [4.69, 9.17) is 5.73 Å². The number of pyridine rings is 1. The summed E-state index contributed by atoms with van der Waals surface area (Å²) < 4.78 is 0. The number of hydrogen-bond donors (Lipinski definition) is 3. The van der Waals surface area contributed by atoms with Crippen molar-refractivity contribution < 1.29 is 14.4 Å². The fraction of sp³-hybridized carbons (Fsp3) is 0.333. The van der Waals surface area contributed by atoms with Gasteiger partial charge in [0.25, 0.3) is 5.91 Å². The van der Waals surface area contributed by atoms with Gasteiger partial charge in [-0.15, -0.1) is 0 Å². The third-order valence-corrected chi connectivity index (χ3v) is 2.84. The summed E-state index contributed by atoms with van der Waals surface area (Å²) >= 11 is 0. The molecule has 1 unspecified atom stereocenters. The fourth-order valence-corrected chi connectivity index (χ4v) is 1.74. The highest BCUT2D eigenvalue weighted by atomic mass is 16.2. The van der Waals surface area contributed by atoms with Crippen LogP contribution in [0.1, 0.15) is 28.9 Å². The fourth-order valence-electron chi connectivity index (χ4n) is 1.74. The standard InChI is InChI=1S/C12H14N4O3/c13-5-7-1-2-8(14-6-7)11(18)15-9-3-4-10(17)16-12(9)19/h1-2,6,9H,3-5,13H2,(H,15,18)(H,16,17,19). The van der Waals surface area contributed by atoms with Crippen molar-refractivity contribution in [2.45, 2.75) is 25.4 Å². The summed E-state index contributed by atoms with van der Waals surface area (Å²) in [7, 11) is 0. The Morgan fingerprint density at radius 2 is 2.26 bits per heavy atom. The molecule has 3 amide bonds. The molecule has 19 heavy (non-hydrogen) atoms. The van der Waals surface area contributed by atoms with Gasteiger partial charge in [-0.1, -0.05) is 6.07 Å². The molecule has 0 aromatic carbocycles. The molecule has 1 aromatic rings. The minimum Gasteiger partial charge on any atom is -0.339 e. The van der Waals surface area contributed by atoms with E-state index in [9.17, 15) is 14.4 Å². The van der Waals surface area contributed by atoms with Gasteiger partial charge >= 0.3 is 0 Å². The van der Waals surface area contributed by atoms with E-state index in [2.05, 4.69) is 15.6 Å². The molecular weight excluding hydrogens is 248 g/mol. The summed E-state index contributed by atoms with van der Waals surface area (Å²) in [5.41, 5.74) is 6.46. The Morgan fingerprint density at radius 1 is 1.47 bits per heavy atom. The Labute approximate surface area is 109 Å². The molecule has 1 aliphatic heterocycles. The predicted octanol–water partition coefficient (Wildman–Crippen LogP) is -0.925. The van der Waals surface area contributed by atoms with Gasteiger partial charge < -0.3 is 11.1 Å². The molecule has 1 atom stereocenters. The van der Waals surface area contributed by atoms with E-state index < -0.39 is 17.9 Å². The first-order valence-electron chi connectivity index (χ1n) is 5.89. The molecule has 1 saturated heterocycles. The summed E-state index contributed by atoms with van der Waals surface area (Å²) in [5.74, 6) is -1.25. The molecule has 7 heteroatoms. The van der Waals surface area contributed by atoms with Crippen LogP contribution in [0.25, 0.3) is 0 Å². The number of piperidine rings is 1. The van der Waals surface area contributed by atoms with Crippen LogP contribution in [0.15, 0.2) is 18.3 Å². The van der Waals surface area contributed by atoms with E-state index >= 15 is 0 Å². The molecule has 0 radical (unpaired) electrons. The number of amides is 3. The second kappa shape index (κ2) is 5.57. The highest BCUT2D eigenvalue weighted by molar-refractivity contribution is 6.03. The van der Waals surface area contributed by atoms with Crippen molar-refractivity contribution in [2.75, 3.05) is 0 Å². The molecule has 0 spiro atoms. The summed E-state index contributed by atoms with van der Waals surface area (Å²) in [5, 5.41) is 4.72. The number of carbonyl (C=O) groups excluding carboxylic acids is 3. The topological polar surface area (TPSA) is 114 Å². The minimum atomic E-state index is -0.693. The van der Waals surface area contributed by atoms with Crippen molar-refractivity contribution in [3.8, 4) is 0 Å². The largest absolute Gasteiger partial charge is 0.339 e. The van der Waals surface area contributed by atoms with Crippen LogP contribution in [-0.4, -0.2) is 28.7 Å². The molecule has 4 N–H and O–H groups in total. The Morgan fingerprint density at radius 3 is 2.84 bits per heavy atom. The predicted molar refractivity (Wildman–Crippen MR) is 65.8 cm³/mol. The first kappa shape index (κ1) is 13.2. The number of hydrogen-bond acceptors (Lipinski definition) is 5. The lowest BCUT2D eigenvalue weighted by Crippen LogP contribution is -2.52. The molecule has 0 saturated carbocycles. The average Bonchev–Trinajstić information content (AvgIpc) is 2.42. The first-order valence-corrected chi connectivity index (χ1v) is 5.89. The zero-order valence-corrected chi connectivity index (χ0v) is 10.2. The number of aromatic nitrogens is 1. The van der Waals surface area contributed by atoms with Gasteiger partial charge in [-0.3, -0.25) is 24.7 Å². The van der Waals surface area contributed by atoms with E-state index in [0.29, 0.717) is 13.0 Å². The third kappa shape index (κ3) is 3.14. The van der Waals surface area contributed by atoms with Gasteiger partial charge in [0.1, 0.15) is 11.7 Å². The monoisotopic (exact) mass is 262 g/mol. The second-order valence-electron chi connectivity index (χ2n) is 4.23. The third-order valence-electron chi connectivity index (χ3n) is 2.84. The molecule has 1 aromatic heterocycles. The summed E-state index contributed by atoms with van der Waals surface area (Å²) in [4.78, 5) is 38.3. The lowest BCUT2D eigenvalue weighted by atomic mass is 10.1. The molecular formula is C12H14N4O3. The van der Waals surface area contributed by atoms with Gasteiger partial charge in [-0.25, -0.2) is 0 Å². The van der Waals surface area contributed by atoms with Crippen LogP contribution in [0.5, 0.6) is 0 Å². The molecule has 1 aliphatic rings. The maximum absolute atomic E-state index is 11.9. The van der Waals surface area contributed by atoms with Crippen molar-refractivity contribution in [1.82, 2.24) is 15.6 Å². The zero-order chi connectivity index (χ0) is 13.8. The highest BCUT2D eigenvalue weighted by Crippen LogP contribution is 2.06. The average molecular weight is 262 g/mol. The number of carbonyl (C=O) groups is 3. The molecule has 1 fully saturated rings. The lowest BCUT2D eigenvalue weighted by molar-refractivity contribution is -0.134. The van der Waals surface area contributed by atoms with Crippen LogP contribution >= 0.6 is 0 Å². The van der Waals surface area contributed by atoms with E-state index in [-0.39, 0.29) is 18.0 Å². The SMILES string of the molecule is NCc1ccc(C(=O)NC2CCC(=O)NC2=O)nc1. The Balaban J connectivity index is 2.00. The quantitative estimate of drug-likeness (QED) is 0.609. The van der Waals surface area contributed by atoms with Gasteiger partial charge in [0.15, 0.2) is 0 Å². The summed E-state index contributed by atoms with van der Waals surface area (Å²) in [6.07, 6.45) is 2.03. The van der Waals surface area contributed by atoms with E-state index in [1.54, 1.807) is 12.1 Å². The van der Waals surface area contributed by atoms with Gasteiger partial charge in [0.2, 0.25) is 11.8 Å². The van der Waals surface area contributed by atoms with Crippen molar-refractivity contribution in [1.29, 1.82) is 0 Å². The van der Waals surface area contributed by atoms with Gasteiger partial charge in [0, 0.05) is 19.2 Å². The Bertz CT molecular complexity index is 512. The molecule has 7 nitrogen and oxygen atoms in total. The zero-order valence-electron chi connectivity index (χ0n) is 10.2. The van der Waals surface area contributed by atoms with Crippen molar-refractivity contribution in [3.63, 3.8) is 0 Å². The number of nitrogens with one attached hydrogen (secondary N) is 2. The minimum absolute atomic E-state index is 0.210. The van der Waals surface area contributed by atoms with Crippen molar-refractivity contribution >= 4 is 17.7 Å². The Hall–Kier alpha value is -2.28. The van der Waals surface area contributed by atoms with E-state index in [1.165, 1.54) is 6.20 Å². The van der Waals surface area contributed by atoms with Gasteiger partial charge in [0.05, 0.1) is 0 Å². The maximum atomic E-state index is 11.9. The van der Waals surface area contributed by atoms with Crippen molar-refractivity contribution in [2.24, 2.45) is 5.73 Å². The van der Waals surface area contributed by atoms with E-state index in [0.717, 1.165) is 5.56 Å². The van der Waals surface area contributed by atoms with Gasteiger partial charge in [-0.2, -0.15) is 0 Å². The normalized spacial score (nSPS) is 18.9. The van der Waals surface area contributed by atoms with Crippen LogP contribution in [0.2, 0.25) is 0 Å². The molecule has 0 bridgehead atoms. The maximum Gasteiger partial charge on any atom is 0.270 e. The number of nitrogens with two attached hydrogens (primary N) is 1. The van der Waals surface area contributed by atoms with Crippen LogP contribution in [0, 0.1) is 0 Å². The van der Waals surface area contributed by atoms with Crippen molar-refractivity contribution in [3.05, 3.63) is 29.6 Å². The highest BCUT2D eigenvalue weighted by Gasteiger charge is 2.28.